The Hall–Kier alpha value is -1.13. The van der Waals surface area contributed by atoms with Crippen LogP contribution in [0.3, 0.4) is 0 Å². The molecule has 0 unspecified atom stereocenters. The summed E-state index contributed by atoms with van der Waals surface area (Å²) in [7, 11) is 1.98. The quantitative estimate of drug-likeness (QED) is 0.946. The highest BCUT2D eigenvalue weighted by molar-refractivity contribution is 9.10. The van der Waals surface area contributed by atoms with Crippen LogP contribution in [0, 0.1) is 13.8 Å². The van der Waals surface area contributed by atoms with Gasteiger partial charge < -0.3 is 9.67 Å². The lowest BCUT2D eigenvalue weighted by Crippen LogP contribution is -2.02. The fourth-order valence-electron chi connectivity index (χ4n) is 2.18. The summed E-state index contributed by atoms with van der Waals surface area (Å²) in [4.78, 5) is 4.56. The average Bonchev–Trinajstić information content (AvgIpc) is 2.58. The highest BCUT2D eigenvalue weighted by atomic mass is 79.9. The van der Waals surface area contributed by atoms with Crippen molar-refractivity contribution in [2.75, 3.05) is 6.61 Å². The van der Waals surface area contributed by atoms with E-state index in [2.05, 4.69) is 53.0 Å². The summed E-state index contributed by atoms with van der Waals surface area (Å²) in [5.41, 5.74) is 4.62. The van der Waals surface area contributed by atoms with Crippen molar-refractivity contribution < 1.29 is 5.11 Å². The topological polar surface area (TPSA) is 38.1 Å². The summed E-state index contributed by atoms with van der Waals surface area (Å²) in [6.07, 6.45) is 0.606. The third kappa shape index (κ3) is 2.35. The number of aryl methyl sites for hydroxylation is 2. The van der Waals surface area contributed by atoms with Crippen molar-refractivity contribution >= 4 is 15.9 Å². The van der Waals surface area contributed by atoms with Crippen molar-refractivity contribution in [3.63, 3.8) is 0 Å². The molecule has 0 radical (unpaired) electrons. The predicted octanol–water partition coefficient (Wildman–Crippen LogP) is 3.00. The Morgan fingerprint density at radius 1 is 1.33 bits per heavy atom. The Bertz CT molecular complexity index is 575. The van der Waals surface area contributed by atoms with Gasteiger partial charge in [0.2, 0.25) is 0 Å². The number of benzene rings is 1. The Labute approximate surface area is 116 Å². The minimum Gasteiger partial charge on any atom is -0.396 e. The average molecular weight is 309 g/mol. The van der Waals surface area contributed by atoms with E-state index in [-0.39, 0.29) is 6.61 Å². The lowest BCUT2D eigenvalue weighted by atomic mass is 10.1. The molecule has 1 N–H and O–H groups in total. The lowest BCUT2D eigenvalue weighted by Gasteiger charge is -2.08. The maximum absolute atomic E-state index is 9.08. The van der Waals surface area contributed by atoms with E-state index in [0.717, 1.165) is 21.7 Å². The Morgan fingerprint density at radius 3 is 2.67 bits per heavy atom. The van der Waals surface area contributed by atoms with Crippen molar-refractivity contribution in [2.24, 2.45) is 7.05 Å². The molecule has 4 heteroatoms. The van der Waals surface area contributed by atoms with Gasteiger partial charge in [-0.25, -0.2) is 4.98 Å². The van der Waals surface area contributed by atoms with Crippen molar-refractivity contribution in [2.45, 2.75) is 20.3 Å². The second kappa shape index (κ2) is 5.24. The lowest BCUT2D eigenvalue weighted by molar-refractivity contribution is 0.296. The van der Waals surface area contributed by atoms with Crippen molar-refractivity contribution in [1.82, 2.24) is 9.55 Å². The summed E-state index contributed by atoms with van der Waals surface area (Å²) in [5.74, 6) is 0.933. The van der Waals surface area contributed by atoms with E-state index in [1.54, 1.807) is 0 Å². The maximum atomic E-state index is 9.08. The molecule has 1 aromatic carbocycles. The van der Waals surface area contributed by atoms with Gasteiger partial charge in [-0.2, -0.15) is 0 Å². The number of hydrogen-bond donors (Lipinski definition) is 1. The number of aliphatic hydroxyl groups excluding tert-OH is 1. The van der Waals surface area contributed by atoms with Crippen LogP contribution in [-0.2, 0) is 13.5 Å². The van der Waals surface area contributed by atoms with Crippen LogP contribution in [0.1, 0.15) is 16.8 Å². The first-order valence-electron chi connectivity index (χ1n) is 5.94. The van der Waals surface area contributed by atoms with E-state index in [4.69, 9.17) is 5.11 Å². The van der Waals surface area contributed by atoms with Crippen LogP contribution in [0.15, 0.2) is 22.8 Å². The SMILES string of the molecule is Cc1ccc(-c2nc(Br)c(CCO)n2C)c(C)c1. The predicted molar refractivity (Wildman–Crippen MR) is 76.6 cm³/mol. The summed E-state index contributed by atoms with van der Waals surface area (Å²) in [6, 6.07) is 6.35. The van der Waals surface area contributed by atoms with E-state index in [9.17, 15) is 0 Å². The molecular formula is C14H17BrN2O. The summed E-state index contributed by atoms with van der Waals surface area (Å²) in [5, 5.41) is 9.08. The second-order valence-corrected chi connectivity index (χ2v) is 5.28. The first kappa shape index (κ1) is 13.3. The smallest absolute Gasteiger partial charge is 0.141 e. The van der Waals surface area contributed by atoms with Crippen LogP contribution in [0.25, 0.3) is 11.4 Å². The highest BCUT2D eigenvalue weighted by Crippen LogP contribution is 2.27. The molecule has 18 heavy (non-hydrogen) atoms. The first-order valence-corrected chi connectivity index (χ1v) is 6.73. The van der Waals surface area contributed by atoms with Gasteiger partial charge >= 0.3 is 0 Å². The molecule has 0 aliphatic carbocycles. The Kier molecular flexibility index (Phi) is 3.88. The standard InChI is InChI=1S/C14H17BrN2O/c1-9-4-5-11(10(2)8-9)14-16-13(15)12(6-7-18)17(14)3/h4-5,8,18H,6-7H2,1-3H3. The molecule has 0 bridgehead atoms. The Morgan fingerprint density at radius 2 is 2.06 bits per heavy atom. The molecule has 0 atom stereocenters. The van der Waals surface area contributed by atoms with Gasteiger partial charge in [0.25, 0.3) is 0 Å². The van der Waals surface area contributed by atoms with Crippen LogP contribution < -0.4 is 0 Å². The van der Waals surface area contributed by atoms with Gasteiger partial charge in [0.15, 0.2) is 0 Å². The van der Waals surface area contributed by atoms with Crippen LogP contribution in [0.2, 0.25) is 0 Å². The minimum absolute atomic E-state index is 0.129. The van der Waals surface area contributed by atoms with E-state index in [1.165, 1.54) is 11.1 Å². The molecule has 3 nitrogen and oxygen atoms in total. The maximum Gasteiger partial charge on any atom is 0.141 e. The number of imidazole rings is 1. The van der Waals surface area contributed by atoms with Crippen molar-refractivity contribution in [3.8, 4) is 11.4 Å². The first-order chi connectivity index (χ1) is 8.54. The molecule has 0 amide bonds. The van der Waals surface area contributed by atoms with Crippen LogP contribution in [0.5, 0.6) is 0 Å². The minimum atomic E-state index is 0.129. The number of halogens is 1. The third-order valence-electron chi connectivity index (χ3n) is 3.14. The zero-order valence-corrected chi connectivity index (χ0v) is 12.5. The van der Waals surface area contributed by atoms with Crippen LogP contribution in [-0.4, -0.2) is 21.3 Å². The molecule has 0 saturated carbocycles. The summed E-state index contributed by atoms with van der Waals surface area (Å²) < 4.78 is 2.85. The zero-order valence-electron chi connectivity index (χ0n) is 10.9. The van der Waals surface area contributed by atoms with E-state index < -0.39 is 0 Å². The molecule has 96 valence electrons. The molecular weight excluding hydrogens is 292 g/mol. The third-order valence-corrected chi connectivity index (χ3v) is 3.77. The van der Waals surface area contributed by atoms with Crippen LogP contribution >= 0.6 is 15.9 Å². The van der Waals surface area contributed by atoms with Crippen molar-refractivity contribution in [3.05, 3.63) is 39.6 Å². The fourth-order valence-corrected chi connectivity index (χ4v) is 2.81. The van der Waals surface area contributed by atoms with E-state index in [1.807, 2.05) is 11.6 Å². The molecule has 0 fully saturated rings. The summed E-state index contributed by atoms with van der Waals surface area (Å²) >= 11 is 3.46. The molecule has 2 rings (SSSR count). The normalized spacial score (nSPS) is 10.9. The van der Waals surface area contributed by atoms with E-state index >= 15 is 0 Å². The van der Waals surface area contributed by atoms with Crippen molar-refractivity contribution in [1.29, 1.82) is 0 Å². The molecule has 0 spiro atoms. The molecule has 2 aromatic rings. The zero-order chi connectivity index (χ0) is 13.3. The van der Waals surface area contributed by atoms with Gasteiger partial charge in [0.1, 0.15) is 10.4 Å². The second-order valence-electron chi connectivity index (χ2n) is 4.52. The van der Waals surface area contributed by atoms with Gasteiger partial charge in [0.05, 0.1) is 5.69 Å². The van der Waals surface area contributed by atoms with Crippen LogP contribution in [0.4, 0.5) is 0 Å². The highest BCUT2D eigenvalue weighted by Gasteiger charge is 2.15. The molecule has 1 heterocycles. The molecule has 0 saturated heterocycles. The van der Waals surface area contributed by atoms with Gasteiger partial charge in [-0.3, -0.25) is 0 Å². The largest absolute Gasteiger partial charge is 0.396 e. The van der Waals surface area contributed by atoms with E-state index in [0.29, 0.717) is 6.42 Å². The van der Waals surface area contributed by atoms with Gasteiger partial charge in [-0.05, 0) is 35.3 Å². The number of nitrogens with zero attached hydrogens (tertiary/aromatic N) is 2. The summed E-state index contributed by atoms with van der Waals surface area (Å²) in [6.45, 7) is 4.31. The number of aromatic nitrogens is 2. The molecule has 0 aliphatic heterocycles. The monoisotopic (exact) mass is 308 g/mol. The Balaban J connectivity index is 2.54. The van der Waals surface area contributed by atoms with Gasteiger partial charge in [-0.15, -0.1) is 0 Å². The number of hydrogen-bond acceptors (Lipinski definition) is 2. The number of aliphatic hydroxyl groups is 1. The number of rotatable bonds is 3. The fraction of sp³-hybridized carbons (Fsp3) is 0.357. The van der Waals surface area contributed by atoms with Gasteiger partial charge in [-0.1, -0.05) is 23.8 Å². The van der Waals surface area contributed by atoms with Gasteiger partial charge in [0, 0.05) is 25.6 Å². The molecule has 0 aliphatic rings. The molecule has 1 aromatic heterocycles.